The molecule has 1 aromatic heterocycles. The quantitative estimate of drug-likeness (QED) is 0.799. The Labute approximate surface area is 128 Å². The summed E-state index contributed by atoms with van der Waals surface area (Å²) < 4.78 is 5.41. The first-order valence-electron chi connectivity index (χ1n) is 8.45. The number of hydrogen-bond acceptors (Lipinski definition) is 5. The molecule has 21 heavy (non-hydrogen) atoms. The molecule has 2 rings (SSSR count). The topological polar surface area (TPSA) is 54.2 Å². The van der Waals surface area contributed by atoms with E-state index in [1.807, 2.05) is 0 Å². The van der Waals surface area contributed by atoms with Gasteiger partial charge in [-0.3, -0.25) is 4.90 Å². The summed E-state index contributed by atoms with van der Waals surface area (Å²) in [6, 6.07) is 0.498. The molecule has 5 heteroatoms. The van der Waals surface area contributed by atoms with Crippen molar-refractivity contribution in [2.45, 2.75) is 65.5 Å². The van der Waals surface area contributed by atoms with Crippen LogP contribution in [0.5, 0.6) is 0 Å². The molecule has 5 nitrogen and oxygen atoms in total. The van der Waals surface area contributed by atoms with Gasteiger partial charge in [0, 0.05) is 19.0 Å². The van der Waals surface area contributed by atoms with Crippen LogP contribution in [0.3, 0.4) is 0 Å². The van der Waals surface area contributed by atoms with Crippen molar-refractivity contribution in [2.75, 3.05) is 19.6 Å². The van der Waals surface area contributed by atoms with Crippen LogP contribution < -0.4 is 5.32 Å². The van der Waals surface area contributed by atoms with Gasteiger partial charge in [0.05, 0.1) is 6.54 Å². The maximum Gasteiger partial charge on any atom is 0.240 e. The summed E-state index contributed by atoms with van der Waals surface area (Å²) in [7, 11) is 0. The minimum atomic E-state index is 0.498. The average molecular weight is 294 g/mol. The first kappa shape index (κ1) is 16.4. The lowest BCUT2D eigenvalue weighted by Gasteiger charge is -2.31. The minimum Gasteiger partial charge on any atom is -0.338 e. The Morgan fingerprint density at radius 2 is 2.29 bits per heavy atom. The first-order chi connectivity index (χ1) is 10.2. The molecule has 1 fully saturated rings. The van der Waals surface area contributed by atoms with E-state index in [1.165, 1.54) is 19.4 Å². The highest BCUT2D eigenvalue weighted by Gasteiger charge is 2.21. The van der Waals surface area contributed by atoms with Crippen molar-refractivity contribution in [3.05, 3.63) is 11.7 Å². The molecular weight excluding hydrogens is 264 g/mol. The molecule has 1 atom stereocenters. The zero-order valence-corrected chi connectivity index (χ0v) is 13.8. The molecule has 0 amide bonds. The highest BCUT2D eigenvalue weighted by Crippen LogP contribution is 2.16. The molecule has 0 radical (unpaired) electrons. The lowest BCUT2D eigenvalue weighted by Crippen LogP contribution is -2.40. The second kappa shape index (κ2) is 8.49. The fourth-order valence-electron chi connectivity index (χ4n) is 2.83. The van der Waals surface area contributed by atoms with E-state index in [-0.39, 0.29) is 0 Å². The zero-order chi connectivity index (χ0) is 15.1. The van der Waals surface area contributed by atoms with Crippen molar-refractivity contribution in [3.63, 3.8) is 0 Å². The maximum atomic E-state index is 5.41. The number of nitrogens with one attached hydrogen (secondary N) is 1. The Morgan fingerprint density at radius 3 is 2.95 bits per heavy atom. The Balaban J connectivity index is 1.87. The molecule has 1 aliphatic heterocycles. The van der Waals surface area contributed by atoms with Crippen LogP contribution in [-0.2, 0) is 13.0 Å². The largest absolute Gasteiger partial charge is 0.338 e. The normalized spacial score (nSPS) is 19.6. The molecule has 0 saturated carbocycles. The summed E-state index contributed by atoms with van der Waals surface area (Å²) in [5.74, 6) is 2.36. The molecule has 1 aliphatic rings. The van der Waals surface area contributed by atoms with Gasteiger partial charge in [-0.1, -0.05) is 18.5 Å². The zero-order valence-electron chi connectivity index (χ0n) is 13.8. The molecule has 1 aromatic rings. The smallest absolute Gasteiger partial charge is 0.240 e. The van der Waals surface area contributed by atoms with Crippen LogP contribution in [0.15, 0.2) is 4.52 Å². The molecule has 1 N–H and O–H groups in total. The molecule has 120 valence electrons. The lowest BCUT2D eigenvalue weighted by molar-refractivity contribution is 0.146. The van der Waals surface area contributed by atoms with Crippen molar-refractivity contribution >= 4 is 0 Å². The third-order valence-electron chi connectivity index (χ3n) is 4.22. The van der Waals surface area contributed by atoms with E-state index >= 15 is 0 Å². The second-order valence-corrected chi connectivity index (χ2v) is 6.44. The van der Waals surface area contributed by atoms with Crippen LogP contribution in [0.1, 0.15) is 58.2 Å². The van der Waals surface area contributed by atoms with Crippen LogP contribution in [0, 0.1) is 5.92 Å². The Morgan fingerprint density at radius 1 is 1.43 bits per heavy atom. The van der Waals surface area contributed by atoms with E-state index in [0.717, 1.165) is 56.5 Å². The van der Waals surface area contributed by atoms with Crippen molar-refractivity contribution in [3.8, 4) is 0 Å². The number of nitrogens with zero attached hydrogens (tertiary/aromatic N) is 3. The van der Waals surface area contributed by atoms with Gasteiger partial charge in [-0.15, -0.1) is 0 Å². The predicted molar refractivity (Wildman–Crippen MR) is 84.0 cm³/mol. The van der Waals surface area contributed by atoms with Crippen molar-refractivity contribution in [2.24, 2.45) is 5.92 Å². The number of unbranched alkanes of at least 4 members (excludes halogenated alkanes) is 1. The standard InChI is InChI=1S/C16H30N4O/c1-4-5-8-15-18-16(21-19-15)12-20(13(2)3)11-14-7-6-9-17-10-14/h13-14,17H,4-12H2,1-3H3. The van der Waals surface area contributed by atoms with Gasteiger partial charge in [-0.05, 0) is 52.1 Å². The number of hydrogen-bond donors (Lipinski definition) is 1. The summed E-state index contributed by atoms with van der Waals surface area (Å²) >= 11 is 0. The van der Waals surface area contributed by atoms with E-state index in [9.17, 15) is 0 Å². The van der Waals surface area contributed by atoms with Gasteiger partial charge >= 0.3 is 0 Å². The summed E-state index contributed by atoms with van der Waals surface area (Å²) in [6.45, 7) is 10.8. The predicted octanol–water partition coefficient (Wildman–Crippen LogP) is 2.62. The highest BCUT2D eigenvalue weighted by atomic mass is 16.5. The van der Waals surface area contributed by atoms with E-state index in [1.54, 1.807) is 0 Å². The number of piperidine rings is 1. The van der Waals surface area contributed by atoms with Gasteiger partial charge in [0.1, 0.15) is 0 Å². The summed E-state index contributed by atoms with van der Waals surface area (Å²) in [5.41, 5.74) is 0. The van der Waals surface area contributed by atoms with Crippen molar-refractivity contribution in [1.29, 1.82) is 0 Å². The molecule has 0 aromatic carbocycles. The fraction of sp³-hybridized carbons (Fsp3) is 0.875. The molecule has 1 saturated heterocycles. The van der Waals surface area contributed by atoms with Gasteiger partial charge in [0.25, 0.3) is 0 Å². The van der Waals surface area contributed by atoms with E-state index in [0.29, 0.717) is 6.04 Å². The average Bonchev–Trinajstić information content (AvgIpc) is 2.93. The molecular formula is C16H30N4O. The number of aromatic nitrogens is 2. The second-order valence-electron chi connectivity index (χ2n) is 6.44. The SMILES string of the molecule is CCCCc1noc(CN(CC2CCCNC2)C(C)C)n1. The Hall–Kier alpha value is -0.940. The molecule has 0 spiro atoms. The van der Waals surface area contributed by atoms with Crippen molar-refractivity contribution < 1.29 is 4.52 Å². The fourth-order valence-corrected chi connectivity index (χ4v) is 2.83. The third-order valence-corrected chi connectivity index (χ3v) is 4.22. The molecule has 2 heterocycles. The van der Waals surface area contributed by atoms with Gasteiger partial charge in [0.15, 0.2) is 5.82 Å². The maximum absolute atomic E-state index is 5.41. The van der Waals surface area contributed by atoms with Gasteiger partial charge in [0.2, 0.25) is 5.89 Å². The first-order valence-corrected chi connectivity index (χ1v) is 8.45. The lowest BCUT2D eigenvalue weighted by atomic mass is 9.98. The third kappa shape index (κ3) is 5.40. The number of aryl methyl sites for hydroxylation is 1. The molecule has 0 aliphatic carbocycles. The van der Waals surface area contributed by atoms with Crippen LogP contribution >= 0.6 is 0 Å². The van der Waals surface area contributed by atoms with Crippen molar-refractivity contribution in [1.82, 2.24) is 20.4 Å². The Bertz CT molecular complexity index is 399. The Kier molecular flexibility index (Phi) is 6.64. The highest BCUT2D eigenvalue weighted by molar-refractivity contribution is 4.87. The van der Waals surface area contributed by atoms with Crippen LogP contribution in [0.2, 0.25) is 0 Å². The number of rotatable bonds is 8. The van der Waals surface area contributed by atoms with Crippen LogP contribution in [-0.4, -0.2) is 40.7 Å². The monoisotopic (exact) mass is 294 g/mol. The summed E-state index contributed by atoms with van der Waals surface area (Å²) in [5, 5.41) is 7.58. The summed E-state index contributed by atoms with van der Waals surface area (Å²) in [4.78, 5) is 6.98. The van der Waals surface area contributed by atoms with Crippen LogP contribution in [0.25, 0.3) is 0 Å². The van der Waals surface area contributed by atoms with Crippen LogP contribution in [0.4, 0.5) is 0 Å². The minimum absolute atomic E-state index is 0.498. The van der Waals surface area contributed by atoms with E-state index in [4.69, 9.17) is 4.52 Å². The van der Waals surface area contributed by atoms with E-state index in [2.05, 4.69) is 41.1 Å². The van der Waals surface area contributed by atoms with E-state index < -0.39 is 0 Å². The van der Waals surface area contributed by atoms with Gasteiger partial charge in [-0.2, -0.15) is 4.98 Å². The van der Waals surface area contributed by atoms with Gasteiger partial charge in [-0.25, -0.2) is 0 Å². The molecule has 0 bridgehead atoms. The van der Waals surface area contributed by atoms with Gasteiger partial charge < -0.3 is 9.84 Å². The summed E-state index contributed by atoms with van der Waals surface area (Å²) in [6.07, 6.45) is 5.83. The molecule has 1 unspecified atom stereocenters.